The molecule has 3 N–H and O–H groups in total. The van der Waals surface area contributed by atoms with Crippen molar-refractivity contribution in [2.24, 2.45) is 0 Å². The number of rotatable bonds is 3. The molecule has 2 atom stereocenters. The molecule has 3 heteroatoms. The highest BCUT2D eigenvalue weighted by Gasteiger charge is 2.10. The normalized spacial score (nSPS) is 28.0. The highest BCUT2D eigenvalue weighted by molar-refractivity contribution is 4.72. The van der Waals surface area contributed by atoms with Crippen molar-refractivity contribution in [2.75, 3.05) is 19.6 Å². The van der Waals surface area contributed by atoms with Gasteiger partial charge in [0.15, 0.2) is 0 Å². The number of hydrogen-bond acceptors (Lipinski definition) is 3. The van der Waals surface area contributed by atoms with Crippen LogP contribution in [0.15, 0.2) is 0 Å². The van der Waals surface area contributed by atoms with Crippen LogP contribution in [0.25, 0.3) is 0 Å². The van der Waals surface area contributed by atoms with Crippen molar-refractivity contribution in [3.63, 3.8) is 0 Å². The molecule has 0 amide bonds. The molecule has 1 unspecified atom stereocenters. The molecule has 0 spiro atoms. The van der Waals surface area contributed by atoms with Crippen molar-refractivity contribution in [3.05, 3.63) is 0 Å². The SMILES string of the molecule is C[C@@H](O)CNC1CCCNCC1. The first-order chi connectivity index (χ1) is 5.79. The zero-order valence-corrected chi connectivity index (χ0v) is 7.84. The van der Waals surface area contributed by atoms with E-state index in [1.807, 2.05) is 6.92 Å². The Morgan fingerprint density at radius 3 is 3.08 bits per heavy atom. The molecule has 1 aliphatic rings. The smallest absolute Gasteiger partial charge is 0.0636 e. The molecule has 1 rings (SSSR count). The van der Waals surface area contributed by atoms with Gasteiger partial charge in [-0.2, -0.15) is 0 Å². The topological polar surface area (TPSA) is 44.3 Å². The lowest BCUT2D eigenvalue weighted by molar-refractivity contribution is 0.184. The van der Waals surface area contributed by atoms with Crippen molar-refractivity contribution in [3.8, 4) is 0 Å². The summed E-state index contributed by atoms with van der Waals surface area (Å²) in [4.78, 5) is 0. The first kappa shape index (κ1) is 9.96. The Hall–Kier alpha value is -0.120. The molecule has 12 heavy (non-hydrogen) atoms. The first-order valence-corrected chi connectivity index (χ1v) is 4.91. The van der Waals surface area contributed by atoms with Gasteiger partial charge in [-0.25, -0.2) is 0 Å². The molecule has 0 aliphatic carbocycles. The van der Waals surface area contributed by atoms with Gasteiger partial charge in [0.05, 0.1) is 6.10 Å². The molecule has 3 nitrogen and oxygen atoms in total. The lowest BCUT2D eigenvalue weighted by Gasteiger charge is -2.16. The molecule has 0 saturated carbocycles. The third kappa shape index (κ3) is 4.04. The predicted molar refractivity (Wildman–Crippen MR) is 50.2 cm³/mol. The molecular weight excluding hydrogens is 152 g/mol. The molecule has 1 heterocycles. The summed E-state index contributed by atoms with van der Waals surface area (Å²) in [5, 5.41) is 15.8. The zero-order chi connectivity index (χ0) is 8.81. The van der Waals surface area contributed by atoms with E-state index in [0.29, 0.717) is 6.04 Å². The summed E-state index contributed by atoms with van der Waals surface area (Å²) in [6.07, 6.45) is 3.45. The van der Waals surface area contributed by atoms with Gasteiger partial charge in [-0.05, 0) is 39.3 Å². The van der Waals surface area contributed by atoms with Gasteiger partial charge in [0.2, 0.25) is 0 Å². The molecule has 0 radical (unpaired) electrons. The number of nitrogens with one attached hydrogen (secondary N) is 2. The first-order valence-electron chi connectivity index (χ1n) is 4.91. The number of hydrogen-bond donors (Lipinski definition) is 3. The van der Waals surface area contributed by atoms with Crippen LogP contribution in [-0.2, 0) is 0 Å². The van der Waals surface area contributed by atoms with E-state index in [1.165, 1.54) is 19.3 Å². The summed E-state index contributed by atoms with van der Waals surface area (Å²) in [6.45, 7) is 4.80. The lowest BCUT2D eigenvalue weighted by atomic mass is 10.1. The van der Waals surface area contributed by atoms with Crippen LogP contribution in [-0.4, -0.2) is 36.9 Å². The van der Waals surface area contributed by atoms with Gasteiger partial charge in [0.1, 0.15) is 0 Å². The van der Waals surface area contributed by atoms with Gasteiger partial charge in [-0.3, -0.25) is 0 Å². The Morgan fingerprint density at radius 1 is 1.50 bits per heavy atom. The van der Waals surface area contributed by atoms with E-state index in [-0.39, 0.29) is 6.10 Å². The summed E-state index contributed by atoms with van der Waals surface area (Å²) in [6, 6.07) is 0.606. The maximum Gasteiger partial charge on any atom is 0.0636 e. The average molecular weight is 172 g/mol. The summed E-state index contributed by atoms with van der Waals surface area (Å²) in [5.74, 6) is 0. The Balaban J connectivity index is 2.12. The van der Waals surface area contributed by atoms with Gasteiger partial charge >= 0.3 is 0 Å². The van der Waals surface area contributed by atoms with Gasteiger partial charge in [-0.15, -0.1) is 0 Å². The summed E-state index contributed by atoms with van der Waals surface area (Å²) >= 11 is 0. The fourth-order valence-electron chi connectivity index (χ4n) is 1.56. The molecule has 0 aromatic carbocycles. The average Bonchev–Trinajstić information content (AvgIpc) is 2.28. The van der Waals surface area contributed by atoms with Crippen molar-refractivity contribution in [1.29, 1.82) is 0 Å². The Morgan fingerprint density at radius 2 is 2.33 bits per heavy atom. The van der Waals surface area contributed by atoms with Crippen molar-refractivity contribution in [1.82, 2.24) is 10.6 Å². The molecule has 72 valence electrons. The van der Waals surface area contributed by atoms with E-state index in [4.69, 9.17) is 5.11 Å². The zero-order valence-electron chi connectivity index (χ0n) is 7.84. The summed E-state index contributed by atoms with van der Waals surface area (Å²) in [7, 11) is 0. The minimum Gasteiger partial charge on any atom is -0.392 e. The second-order valence-electron chi connectivity index (χ2n) is 3.64. The Labute approximate surface area is 74.5 Å². The number of aliphatic hydroxyl groups excluding tert-OH is 1. The molecule has 0 bridgehead atoms. The minimum absolute atomic E-state index is 0.221. The Bertz CT molecular complexity index is 109. The third-order valence-electron chi connectivity index (χ3n) is 2.28. The lowest BCUT2D eigenvalue weighted by Crippen LogP contribution is -2.35. The van der Waals surface area contributed by atoms with E-state index in [1.54, 1.807) is 0 Å². The van der Waals surface area contributed by atoms with E-state index >= 15 is 0 Å². The van der Waals surface area contributed by atoms with Crippen LogP contribution in [0.3, 0.4) is 0 Å². The molecule has 1 fully saturated rings. The van der Waals surface area contributed by atoms with Crippen molar-refractivity contribution < 1.29 is 5.11 Å². The Kier molecular flexibility index (Phi) is 4.58. The molecule has 0 aromatic heterocycles. The van der Waals surface area contributed by atoms with Crippen LogP contribution in [0.1, 0.15) is 26.2 Å². The second-order valence-corrected chi connectivity index (χ2v) is 3.64. The largest absolute Gasteiger partial charge is 0.392 e. The van der Waals surface area contributed by atoms with Crippen LogP contribution in [0.5, 0.6) is 0 Å². The van der Waals surface area contributed by atoms with Crippen LogP contribution in [0.4, 0.5) is 0 Å². The summed E-state index contributed by atoms with van der Waals surface area (Å²) < 4.78 is 0. The fraction of sp³-hybridized carbons (Fsp3) is 1.00. The van der Waals surface area contributed by atoms with Crippen molar-refractivity contribution in [2.45, 2.75) is 38.3 Å². The monoisotopic (exact) mass is 172 g/mol. The highest BCUT2D eigenvalue weighted by atomic mass is 16.3. The van der Waals surface area contributed by atoms with Crippen LogP contribution >= 0.6 is 0 Å². The third-order valence-corrected chi connectivity index (χ3v) is 2.28. The molecule has 1 saturated heterocycles. The van der Waals surface area contributed by atoms with Crippen LogP contribution in [0.2, 0.25) is 0 Å². The van der Waals surface area contributed by atoms with E-state index in [2.05, 4.69) is 10.6 Å². The van der Waals surface area contributed by atoms with Gasteiger partial charge in [0, 0.05) is 12.6 Å². The second kappa shape index (κ2) is 5.51. The van der Waals surface area contributed by atoms with Gasteiger partial charge in [-0.1, -0.05) is 0 Å². The quantitative estimate of drug-likeness (QED) is 0.565. The van der Waals surface area contributed by atoms with Crippen LogP contribution < -0.4 is 10.6 Å². The summed E-state index contributed by atoms with van der Waals surface area (Å²) in [5.41, 5.74) is 0. The maximum atomic E-state index is 9.08. The van der Waals surface area contributed by atoms with Crippen molar-refractivity contribution >= 4 is 0 Å². The van der Waals surface area contributed by atoms with E-state index < -0.39 is 0 Å². The molecule has 0 aromatic rings. The minimum atomic E-state index is -0.221. The van der Waals surface area contributed by atoms with E-state index in [0.717, 1.165) is 19.6 Å². The molecule has 1 aliphatic heterocycles. The van der Waals surface area contributed by atoms with E-state index in [9.17, 15) is 0 Å². The maximum absolute atomic E-state index is 9.08. The van der Waals surface area contributed by atoms with Gasteiger partial charge in [0.25, 0.3) is 0 Å². The molecular formula is C9H20N2O. The predicted octanol–water partition coefficient (Wildman–Crippen LogP) is 0.0989. The fourth-order valence-corrected chi connectivity index (χ4v) is 1.56. The number of aliphatic hydroxyl groups is 1. The highest BCUT2D eigenvalue weighted by Crippen LogP contribution is 2.04. The van der Waals surface area contributed by atoms with Crippen LogP contribution in [0, 0.1) is 0 Å². The standard InChI is InChI=1S/C9H20N2O/c1-8(12)7-11-9-3-2-5-10-6-4-9/h8-12H,2-7H2,1H3/t8-,9?/m1/s1. The van der Waals surface area contributed by atoms with Gasteiger partial charge < -0.3 is 15.7 Å².